The van der Waals surface area contributed by atoms with Gasteiger partial charge in [-0.1, -0.05) is 63.7 Å². The first-order valence-electron chi connectivity index (χ1n) is 7.35. The van der Waals surface area contributed by atoms with Crippen LogP contribution >= 0.6 is 27.3 Å². The van der Waals surface area contributed by atoms with Gasteiger partial charge in [0.2, 0.25) is 4.96 Å². The summed E-state index contributed by atoms with van der Waals surface area (Å²) in [6.45, 7) is 2.01. The molecule has 0 radical (unpaired) electrons. The predicted molar refractivity (Wildman–Crippen MR) is 100 cm³/mol. The van der Waals surface area contributed by atoms with Crippen molar-refractivity contribution in [1.29, 1.82) is 0 Å². The van der Waals surface area contributed by atoms with E-state index in [1.54, 1.807) is 0 Å². The van der Waals surface area contributed by atoms with Gasteiger partial charge in [-0.25, -0.2) is 0 Å². The molecule has 0 aliphatic carbocycles. The maximum atomic E-state index is 12.6. The SMILES string of the molecule is Cc1ccccc1-c1nc2sc(=Cc3cccc(Br)c3)c(=O)n2n1. The monoisotopic (exact) mass is 397 g/mol. The minimum absolute atomic E-state index is 0.137. The molecule has 4 aromatic rings. The Hall–Kier alpha value is -2.31. The fourth-order valence-corrected chi connectivity index (χ4v) is 3.84. The highest BCUT2D eigenvalue weighted by Gasteiger charge is 2.13. The molecule has 0 unspecified atom stereocenters. The molecule has 4 rings (SSSR count). The van der Waals surface area contributed by atoms with Crippen molar-refractivity contribution in [2.24, 2.45) is 0 Å². The normalized spacial score (nSPS) is 12.2. The third-order valence-electron chi connectivity index (χ3n) is 3.71. The number of aryl methyl sites for hydroxylation is 1. The Morgan fingerprint density at radius 2 is 2.00 bits per heavy atom. The number of thiazole rings is 1. The first kappa shape index (κ1) is 15.2. The van der Waals surface area contributed by atoms with Gasteiger partial charge < -0.3 is 0 Å². The van der Waals surface area contributed by atoms with Crippen molar-refractivity contribution in [3.05, 3.63) is 79.0 Å². The first-order chi connectivity index (χ1) is 11.6. The van der Waals surface area contributed by atoms with Gasteiger partial charge >= 0.3 is 0 Å². The molecule has 0 amide bonds. The van der Waals surface area contributed by atoms with Crippen molar-refractivity contribution in [3.63, 3.8) is 0 Å². The fourth-order valence-electron chi connectivity index (χ4n) is 2.52. The molecule has 4 nitrogen and oxygen atoms in total. The van der Waals surface area contributed by atoms with E-state index in [0.717, 1.165) is 21.2 Å². The van der Waals surface area contributed by atoms with Crippen LogP contribution < -0.4 is 10.1 Å². The van der Waals surface area contributed by atoms with Crippen LogP contribution in [0.25, 0.3) is 22.4 Å². The number of halogens is 1. The van der Waals surface area contributed by atoms with Crippen LogP contribution in [0.4, 0.5) is 0 Å². The summed E-state index contributed by atoms with van der Waals surface area (Å²) >= 11 is 4.79. The summed E-state index contributed by atoms with van der Waals surface area (Å²) in [5, 5.41) is 4.40. The van der Waals surface area contributed by atoms with Crippen LogP contribution in [0.3, 0.4) is 0 Å². The largest absolute Gasteiger partial charge is 0.291 e. The van der Waals surface area contributed by atoms with Crippen molar-refractivity contribution in [2.45, 2.75) is 6.92 Å². The minimum Gasteiger partial charge on any atom is -0.266 e. The standard InChI is InChI=1S/C18H12BrN3OS/c1-11-5-2-3-8-14(11)16-20-18-22(21-16)17(23)15(24-18)10-12-6-4-7-13(19)9-12/h2-10H,1H3. The van der Waals surface area contributed by atoms with Crippen LogP contribution in [0, 0.1) is 6.92 Å². The fraction of sp³-hybridized carbons (Fsp3) is 0.0556. The molecular weight excluding hydrogens is 386 g/mol. The van der Waals surface area contributed by atoms with Crippen LogP contribution in [0.5, 0.6) is 0 Å². The molecule has 24 heavy (non-hydrogen) atoms. The van der Waals surface area contributed by atoms with Crippen molar-refractivity contribution in [3.8, 4) is 11.4 Å². The van der Waals surface area contributed by atoms with Crippen LogP contribution in [-0.2, 0) is 0 Å². The number of aromatic nitrogens is 3. The zero-order valence-corrected chi connectivity index (χ0v) is 15.1. The summed E-state index contributed by atoms with van der Waals surface area (Å²) in [6.07, 6.45) is 1.86. The second kappa shape index (κ2) is 5.96. The van der Waals surface area contributed by atoms with E-state index in [9.17, 15) is 4.79 Å². The average molecular weight is 398 g/mol. The van der Waals surface area contributed by atoms with Crippen LogP contribution in [0.2, 0.25) is 0 Å². The zero-order valence-electron chi connectivity index (χ0n) is 12.7. The van der Waals surface area contributed by atoms with E-state index < -0.39 is 0 Å². The molecule has 0 saturated heterocycles. The molecule has 0 aliphatic heterocycles. The molecule has 0 N–H and O–H groups in total. The molecule has 0 fully saturated rings. The van der Waals surface area contributed by atoms with Gasteiger partial charge in [-0.05, 0) is 36.3 Å². The number of benzene rings is 2. The number of hydrogen-bond acceptors (Lipinski definition) is 4. The lowest BCUT2D eigenvalue weighted by molar-refractivity contribution is 0.936. The number of rotatable bonds is 2. The Morgan fingerprint density at radius 3 is 2.75 bits per heavy atom. The van der Waals surface area contributed by atoms with Crippen molar-refractivity contribution >= 4 is 38.3 Å². The van der Waals surface area contributed by atoms with E-state index >= 15 is 0 Å². The van der Waals surface area contributed by atoms with Crippen LogP contribution in [0.15, 0.2) is 57.8 Å². The Balaban J connectivity index is 1.85. The van der Waals surface area contributed by atoms with E-state index in [0.29, 0.717) is 15.3 Å². The highest BCUT2D eigenvalue weighted by molar-refractivity contribution is 9.10. The summed E-state index contributed by atoms with van der Waals surface area (Å²) in [4.78, 5) is 17.7. The zero-order chi connectivity index (χ0) is 16.7. The van der Waals surface area contributed by atoms with E-state index in [4.69, 9.17) is 0 Å². The Kier molecular flexibility index (Phi) is 3.78. The summed E-state index contributed by atoms with van der Waals surface area (Å²) in [7, 11) is 0. The lowest BCUT2D eigenvalue weighted by Crippen LogP contribution is -2.23. The highest BCUT2D eigenvalue weighted by atomic mass is 79.9. The summed E-state index contributed by atoms with van der Waals surface area (Å²) in [5.74, 6) is 0.588. The van der Waals surface area contributed by atoms with Crippen LogP contribution in [0.1, 0.15) is 11.1 Å². The molecule has 2 aromatic carbocycles. The Bertz CT molecular complexity index is 1160. The van der Waals surface area contributed by atoms with Gasteiger partial charge in [-0.15, -0.1) is 5.10 Å². The molecule has 118 valence electrons. The molecule has 0 bridgehead atoms. The quantitative estimate of drug-likeness (QED) is 0.520. The van der Waals surface area contributed by atoms with Crippen LogP contribution in [-0.4, -0.2) is 14.6 Å². The molecule has 2 aromatic heterocycles. The van der Waals surface area contributed by atoms with Gasteiger partial charge in [0.05, 0.1) is 4.53 Å². The third kappa shape index (κ3) is 2.68. The van der Waals surface area contributed by atoms with E-state index in [1.165, 1.54) is 15.9 Å². The van der Waals surface area contributed by atoms with Crippen molar-refractivity contribution in [2.75, 3.05) is 0 Å². The lowest BCUT2D eigenvalue weighted by Gasteiger charge is -1.98. The Morgan fingerprint density at radius 1 is 1.17 bits per heavy atom. The maximum absolute atomic E-state index is 12.6. The summed E-state index contributed by atoms with van der Waals surface area (Å²) in [6, 6.07) is 15.7. The van der Waals surface area contributed by atoms with Crippen molar-refractivity contribution in [1.82, 2.24) is 14.6 Å². The molecule has 0 spiro atoms. The number of hydrogen-bond donors (Lipinski definition) is 0. The van der Waals surface area contributed by atoms with Gasteiger partial charge in [-0.3, -0.25) is 4.79 Å². The highest BCUT2D eigenvalue weighted by Crippen LogP contribution is 2.20. The van der Waals surface area contributed by atoms with E-state index in [1.807, 2.05) is 61.5 Å². The summed E-state index contributed by atoms with van der Waals surface area (Å²) < 4.78 is 2.99. The van der Waals surface area contributed by atoms with Gasteiger partial charge in [0, 0.05) is 10.0 Å². The van der Waals surface area contributed by atoms with Gasteiger partial charge in [0.25, 0.3) is 5.56 Å². The van der Waals surface area contributed by atoms with Crippen molar-refractivity contribution < 1.29 is 0 Å². The second-order valence-corrected chi connectivity index (χ2v) is 7.34. The molecule has 0 saturated carbocycles. The summed E-state index contributed by atoms with van der Waals surface area (Å²) in [5.41, 5.74) is 2.86. The van der Waals surface area contributed by atoms with E-state index in [2.05, 4.69) is 26.0 Å². The molecule has 0 atom stereocenters. The molecule has 2 heterocycles. The smallest absolute Gasteiger partial charge is 0.266 e. The maximum Gasteiger partial charge on any atom is 0.291 e. The molecule has 6 heteroatoms. The topological polar surface area (TPSA) is 47.3 Å². The van der Waals surface area contributed by atoms with Gasteiger partial charge in [0.1, 0.15) is 0 Å². The third-order valence-corrected chi connectivity index (χ3v) is 5.17. The molecular formula is C18H12BrN3OS. The van der Waals surface area contributed by atoms with E-state index in [-0.39, 0.29) is 5.56 Å². The predicted octanol–water partition coefficient (Wildman–Crippen LogP) is 3.44. The number of nitrogens with zero attached hydrogens (tertiary/aromatic N) is 3. The average Bonchev–Trinajstić information content (AvgIpc) is 3.08. The van der Waals surface area contributed by atoms with Gasteiger partial charge in [0.15, 0.2) is 5.82 Å². The lowest BCUT2D eigenvalue weighted by atomic mass is 10.1. The molecule has 0 aliphatic rings. The number of fused-ring (bicyclic) bond motifs is 1. The minimum atomic E-state index is -0.137. The Labute approximate surface area is 150 Å². The second-order valence-electron chi connectivity index (χ2n) is 5.42. The first-order valence-corrected chi connectivity index (χ1v) is 8.95. The van der Waals surface area contributed by atoms with Gasteiger partial charge in [-0.2, -0.15) is 9.50 Å².